The zero-order valence-electron chi connectivity index (χ0n) is 9.79. The Morgan fingerprint density at radius 2 is 1.29 bits per heavy atom. The zero-order chi connectivity index (χ0) is 15.9. The first-order valence-electron chi connectivity index (χ1n) is 5.27. The lowest BCUT2D eigenvalue weighted by atomic mass is 10.0. The molecule has 0 amide bonds. The summed E-state index contributed by atoms with van der Waals surface area (Å²) < 4.78 is 79.3. The van der Waals surface area contributed by atoms with Crippen LogP contribution in [0.3, 0.4) is 0 Å². The number of ketones is 1. The van der Waals surface area contributed by atoms with Gasteiger partial charge in [0, 0.05) is 5.02 Å². The van der Waals surface area contributed by atoms with Crippen LogP contribution in [0.5, 0.6) is 0 Å². The summed E-state index contributed by atoms with van der Waals surface area (Å²) in [6.45, 7) is 0. The first kappa shape index (κ1) is 15.4. The molecule has 0 aliphatic heterocycles. The molecule has 110 valence electrons. The lowest BCUT2D eigenvalue weighted by Gasteiger charge is -2.08. The number of carbonyl (C=O) groups is 1. The van der Waals surface area contributed by atoms with Crippen LogP contribution in [0.25, 0.3) is 0 Å². The molecule has 0 unspecified atom stereocenters. The summed E-state index contributed by atoms with van der Waals surface area (Å²) in [6, 6.07) is 2.47. The molecule has 8 heteroatoms. The number of rotatable bonds is 2. The van der Waals surface area contributed by atoms with Crippen LogP contribution < -0.4 is 0 Å². The van der Waals surface area contributed by atoms with Gasteiger partial charge in [0.25, 0.3) is 0 Å². The normalized spacial score (nSPS) is 10.8. The van der Waals surface area contributed by atoms with Crippen LogP contribution in [0.1, 0.15) is 15.9 Å². The van der Waals surface area contributed by atoms with Crippen molar-refractivity contribution in [2.45, 2.75) is 0 Å². The molecule has 0 aliphatic rings. The third-order valence-electron chi connectivity index (χ3n) is 2.61. The lowest BCUT2D eigenvalue weighted by molar-refractivity contribution is 0.102. The van der Waals surface area contributed by atoms with E-state index >= 15 is 0 Å². The molecular weight excluding hydrogens is 322 g/mol. The van der Waals surface area contributed by atoms with Crippen molar-refractivity contribution in [3.8, 4) is 0 Å². The maximum atomic E-state index is 13.5. The average molecular weight is 325 g/mol. The molecule has 0 radical (unpaired) electrons. The van der Waals surface area contributed by atoms with Crippen molar-refractivity contribution in [1.29, 1.82) is 0 Å². The molecule has 0 bridgehead atoms. The van der Waals surface area contributed by atoms with Gasteiger partial charge in [-0.3, -0.25) is 4.79 Å². The summed E-state index contributed by atoms with van der Waals surface area (Å²) in [4.78, 5) is 11.8. The van der Waals surface area contributed by atoms with Crippen LogP contribution in [-0.2, 0) is 0 Å². The highest BCUT2D eigenvalue weighted by Gasteiger charge is 2.31. The Hall–Kier alpha value is -2.02. The standard InChI is InChI=1S/C13H3ClF6O/c14-4-1-2-5(6(15)3-4)13(21)7-8(16)10(18)12(20)11(19)9(7)17/h1-3H. The fourth-order valence-corrected chi connectivity index (χ4v) is 1.77. The molecule has 0 N–H and O–H groups in total. The first-order valence-corrected chi connectivity index (χ1v) is 5.64. The van der Waals surface area contributed by atoms with Crippen molar-refractivity contribution in [3.63, 3.8) is 0 Å². The van der Waals surface area contributed by atoms with Gasteiger partial charge in [-0.25, -0.2) is 26.3 Å². The summed E-state index contributed by atoms with van der Waals surface area (Å²) in [5.74, 6) is -14.6. The van der Waals surface area contributed by atoms with E-state index in [1.807, 2.05) is 0 Å². The van der Waals surface area contributed by atoms with Crippen LogP contribution >= 0.6 is 11.6 Å². The summed E-state index contributed by atoms with van der Waals surface area (Å²) >= 11 is 5.43. The molecule has 2 rings (SSSR count). The zero-order valence-corrected chi connectivity index (χ0v) is 10.5. The van der Waals surface area contributed by atoms with E-state index in [0.717, 1.165) is 12.1 Å². The average Bonchev–Trinajstić information content (AvgIpc) is 2.43. The van der Waals surface area contributed by atoms with E-state index in [9.17, 15) is 31.1 Å². The first-order chi connectivity index (χ1) is 9.75. The highest BCUT2D eigenvalue weighted by atomic mass is 35.5. The third kappa shape index (κ3) is 2.49. The third-order valence-corrected chi connectivity index (χ3v) is 2.85. The second kappa shape index (κ2) is 5.40. The van der Waals surface area contributed by atoms with Gasteiger partial charge >= 0.3 is 0 Å². The second-order valence-corrected chi connectivity index (χ2v) is 4.33. The van der Waals surface area contributed by atoms with Crippen LogP contribution in [0.15, 0.2) is 18.2 Å². The van der Waals surface area contributed by atoms with E-state index in [-0.39, 0.29) is 5.02 Å². The van der Waals surface area contributed by atoms with Gasteiger partial charge in [0.2, 0.25) is 11.6 Å². The van der Waals surface area contributed by atoms with Gasteiger partial charge in [0.05, 0.1) is 5.56 Å². The van der Waals surface area contributed by atoms with Crippen molar-refractivity contribution < 1.29 is 31.1 Å². The molecule has 0 heterocycles. The number of benzene rings is 2. The smallest absolute Gasteiger partial charge is 0.202 e. The van der Waals surface area contributed by atoms with Gasteiger partial charge in [-0.15, -0.1) is 0 Å². The number of hydrogen-bond donors (Lipinski definition) is 0. The molecule has 21 heavy (non-hydrogen) atoms. The van der Waals surface area contributed by atoms with E-state index in [2.05, 4.69) is 0 Å². The van der Waals surface area contributed by atoms with Gasteiger partial charge < -0.3 is 0 Å². The van der Waals surface area contributed by atoms with Crippen molar-refractivity contribution in [1.82, 2.24) is 0 Å². The summed E-state index contributed by atoms with van der Waals surface area (Å²) in [5, 5.41) is -0.110. The summed E-state index contributed by atoms with van der Waals surface area (Å²) in [5.41, 5.74) is -2.60. The molecule has 0 saturated carbocycles. The molecule has 0 aromatic heterocycles. The van der Waals surface area contributed by atoms with Gasteiger partial charge in [-0.1, -0.05) is 11.6 Å². The highest BCUT2D eigenvalue weighted by molar-refractivity contribution is 6.30. The molecule has 2 aromatic carbocycles. The molecule has 0 spiro atoms. The largest absolute Gasteiger partial charge is 0.288 e. The van der Waals surface area contributed by atoms with Crippen LogP contribution in [0.4, 0.5) is 26.3 Å². The van der Waals surface area contributed by atoms with Crippen molar-refractivity contribution >= 4 is 17.4 Å². The quantitative estimate of drug-likeness (QED) is 0.346. The summed E-state index contributed by atoms with van der Waals surface area (Å²) in [7, 11) is 0. The lowest BCUT2D eigenvalue weighted by Crippen LogP contribution is -2.14. The maximum absolute atomic E-state index is 13.5. The Bertz CT molecular complexity index is 730. The van der Waals surface area contributed by atoms with Crippen LogP contribution in [-0.4, -0.2) is 5.78 Å². The van der Waals surface area contributed by atoms with Crippen LogP contribution in [0, 0.1) is 34.9 Å². The Labute approximate surface area is 118 Å². The SMILES string of the molecule is O=C(c1ccc(Cl)cc1F)c1c(F)c(F)c(F)c(F)c1F. The van der Waals surface area contributed by atoms with E-state index in [4.69, 9.17) is 11.6 Å². The second-order valence-electron chi connectivity index (χ2n) is 3.90. The number of carbonyl (C=O) groups excluding carboxylic acids is 1. The topological polar surface area (TPSA) is 17.1 Å². The van der Waals surface area contributed by atoms with Gasteiger partial charge in [-0.2, -0.15) is 0 Å². The van der Waals surface area contributed by atoms with E-state index in [0.29, 0.717) is 6.07 Å². The highest BCUT2D eigenvalue weighted by Crippen LogP contribution is 2.26. The van der Waals surface area contributed by atoms with Crippen molar-refractivity contribution in [3.05, 3.63) is 69.3 Å². The monoisotopic (exact) mass is 324 g/mol. The molecular formula is C13H3ClF6O. The minimum absolute atomic E-state index is 0.110. The number of hydrogen-bond acceptors (Lipinski definition) is 1. The number of halogens is 7. The molecule has 0 saturated heterocycles. The summed E-state index contributed by atoms with van der Waals surface area (Å²) in [6.07, 6.45) is 0. The van der Waals surface area contributed by atoms with Crippen molar-refractivity contribution in [2.75, 3.05) is 0 Å². The maximum Gasteiger partial charge on any atom is 0.202 e. The molecule has 2 aromatic rings. The predicted molar refractivity (Wildman–Crippen MR) is 61.1 cm³/mol. The Morgan fingerprint density at radius 1 is 0.810 bits per heavy atom. The minimum Gasteiger partial charge on any atom is -0.288 e. The Balaban J connectivity index is 2.70. The fraction of sp³-hybridized carbons (Fsp3) is 0. The minimum atomic E-state index is -2.40. The molecule has 1 nitrogen and oxygen atoms in total. The van der Waals surface area contributed by atoms with E-state index < -0.39 is 51.8 Å². The Kier molecular flexibility index (Phi) is 3.95. The molecule has 0 fully saturated rings. The predicted octanol–water partition coefficient (Wildman–Crippen LogP) is 4.41. The molecule has 0 atom stereocenters. The molecule has 0 aliphatic carbocycles. The van der Waals surface area contributed by atoms with E-state index in [1.54, 1.807) is 0 Å². The van der Waals surface area contributed by atoms with Crippen molar-refractivity contribution in [2.24, 2.45) is 0 Å². The van der Waals surface area contributed by atoms with Crippen LogP contribution in [0.2, 0.25) is 5.02 Å². The Morgan fingerprint density at radius 3 is 1.76 bits per heavy atom. The van der Waals surface area contributed by atoms with E-state index in [1.165, 1.54) is 0 Å². The van der Waals surface area contributed by atoms with Gasteiger partial charge in [-0.05, 0) is 18.2 Å². The fourth-order valence-electron chi connectivity index (χ4n) is 1.61. The van der Waals surface area contributed by atoms with Gasteiger partial charge in [0.15, 0.2) is 23.3 Å². The van der Waals surface area contributed by atoms with Gasteiger partial charge in [0.1, 0.15) is 11.4 Å².